The summed E-state index contributed by atoms with van der Waals surface area (Å²) >= 11 is 0. The maximum absolute atomic E-state index is 4.20. The molecule has 19 heavy (non-hydrogen) atoms. The van der Waals surface area contributed by atoms with Crippen LogP contribution in [0.5, 0.6) is 0 Å². The Morgan fingerprint density at radius 2 is 2.05 bits per heavy atom. The summed E-state index contributed by atoms with van der Waals surface area (Å²) in [6.45, 7) is 6.93. The molecule has 0 saturated heterocycles. The van der Waals surface area contributed by atoms with E-state index in [9.17, 15) is 0 Å². The molecule has 0 aliphatic rings. The normalized spacial score (nSPS) is 11.6. The van der Waals surface area contributed by atoms with Gasteiger partial charge in [-0.3, -0.25) is 4.99 Å². The van der Waals surface area contributed by atoms with Gasteiger partial charge in [-0.1, -0.05) is 26.7 Å². The zero-order valence-electron chi connectivity index (χ0n) is 12.3. The Kier molecular flexibility index (Phi) is 7.62. The van der Waals surface area contributed by atoms with Crippen molar-refractivity contribution in [2.24, 2.45) is 4.99 Å². The van der Waals surface area contributed by atoms with E-state index < -0.39 is 0 Å². The van der Waals surface area contributed by atoms with Gasteiger partial charge in [0.1, 0.15) is 12.2 Å². The van der Waals surface area contributed by atoms with Crippen LogP contribution in [0.3, 0.4) is 0 Å². The van der Waals surface area contributed by atoms with Crippen LogP contribution < -0.4 is 10.6 Å². The third-order valence-electron chi connectivity index (χ3n) is 2.95. The predicted molar refractivity (Wildman–Crippen MR) is 78.3 cm³/mol. The number of nitrogens with zero attached hydrogens (tertiary/aromatic N) is 4. The van der Waals surface area contributed by atoms with Gasteiger partial charge in [-0.25, -0.2) is 0 Å². The summed E-state index contributed by atoms with van der Waals surface area (Å²) in [5.41, 5.74) is 0. The van der Waals surface area contributed by atoms with Crippen molar-refractivity contribution in [1.29, 1.82) is 0 Å². The molecule has 0 aliphatic carbocycles. The average molecular weight is 266 g/mol. The molecule has 1 aromatic rings. The van der Waals surface area contributed by atoms with Gasteiger partial charge in [-0.15, -0.1) is 10.2 Å². The lowest BCUT2D eigenvalue weighted by atomic mass is 10.2. The first-order chi connectivity index (χ1) is 9.31. The van der Waals surface area contributed by atoms with Crippen molar-refractivity contribution in [1.82, 2.24) is 25.4 Å². The van der Waals surface area contributed by atoms with Crippen LogP contribution in [-0.2, 0) is 13.0 Å². The first-order valence-corrected chi connectivity index (χ1v) is 7.13. The predicted octanol–water partition coefficient (Wildman–Crippen LogP) is 1.20. The highest BCUT2D eigenvalue weighted by Gasteiger charge is 2.01. The standard InChI is InChI=1S/C13H26N6/c1-4-6-7-8-15-13(14-3)16-9-10-19-11-17-18-12(19)5-2/h11H,4-10H2,1-3H3,(H2,14,15,16). The molecule has 1 rings (SSSR count). The van der Waals surface area contributed by atoms with Gasteiger partial charge in [0.25, 0.3) is 0 Å². The van der Waals surface area contributed by atoms with E-state index in [1.165, 1.54) is 19.3 Å². The molecule has 0 unspecified atom stereocenters. The van der Waals surface area contributed by atoms with Crippen molar-refractivity contribution < 1.29 is 0 Å². The minimum absolute atomic E-state index is 0.818. The van der Waals surface area contributed by atoms with E-state index in [0.29, 0.717) is 0 Å². The molecule has 0 bridgehead atoms. The van der Waals surface area contributed by atoms with Crippen LogP contribution in [0.15, 0.2) is 11.3 Å². The van der Waals surface area contributed by atoms with E-state index in [-0.39, 0.29) is 0 Å². The molecule has 0 amide bonds. The molecule has 1 heterocycles. The third-order valence-corrected chi connectivity index (χ3v) is 2.95. The van der Waals surface area contributed by atoms with Crippen molar-refractivity contribution in [3.05, 3.63) is 12.2 Å². The van der Waals surface area contributed by atoms with E-state index in [4.69, 9.17) is 0 Å². The zero-order valence-corrected chi connectivity index (χ0v) is 12.3. The van der Waals surface area contributed by atoms with Crippen LogP contribution in [0, 0.1) is 0 Å². The molecular weight excluding hydrogens is 240 g/mol. The largest absolute Gasteiger partial charge is 0.356 e. The van der Waals surface area contributed by atoms with E-state index in [0.717, 1.165) is 37.8 Å². The van der Waals surface area contributed by atoms with Crippen LogP contribution in [0.1, 0.15) is 38.9 Å². The quantitative estimate of drug-likeness (QED) is 0.421. The summed E-state index contributed by atoms with van der Waals surface area (Å²) < 4.78 is 2.07. The number of aliphatic imine (C=N–C) groups is 1. The summed E-state index contributed by atoms with van der Waals surface area (Å²) in [7, 11) is 1.80. The molecule has 0 saturated carbocycles. The number of nitrogens with one attached hydrogen (secondary N) is 2. The number of rotatable bonds is 8. The summed E-state index contributed by atoms with van der Waals surface area (Å²) in [6.07, 6.45) is 6.36. The van der Waals surface area contributed by atoms with Gasteiger partial charge < -0.3 is 15.2 Å². The summed E-state index contributed by atoms with van der Waals surface area (Å²) in [6, 6.07) is 0. The lowest BCUT2D eigenvalue weighted by Crippen LogP contribution is -2.39. The molecule has 0 spiro atoms. The van der Waals surface area contributed by atoms with Crippen LogP contribution in [-0.4, -0.2) is 40.9 Å². The fourth-order valence-corrected chi connectivity index (χ4v) is 1.84. The maximum atomic E-state index is 4.20. The fraction of sp³-hybridized carbons (Fsp3) is 0.769. The first kappa shape index (κ1) is 15.5. The van der Waals surface area contributed by atoms with E-state index in [1.807, 2.05) is 0 Å². The van der Waals surface area contributed by atoms with Crippen molar-refractivity contribution >= 4 is 5.96 Å². The fourth-order valence-electron chi connectivity index (χ4n) is 1.84. The zero-order chi connectivity index (χ0) is 13.9. The van der Waals surface area contributed by atoms with Crippen LogP contribution in [0.4, 0.5) is 0 Å². The summed E-state index contributed by atoms with van der Waals surface area (Å²) in [5.74, 6) is 1.88. The lowest BCUT2D eigenvalue weighted by molar-refractivity contribution is 0.627. The second kappa shape index (κ2) is 9.35. The molecule has 6 nitrogen and oxygen atoms in total. The third kappa shape index (κ3) is 5.72. The van der Waals surface area contributed by atoms with Crippen molar-refractivity contribution in [2.75, 3.05) is 20.1 Å². The summed E-state index contributed by atoms with van der Waals surface area (Å²) in [5, 5.41) is 14.6. The Hall–Kier alpha value is -1.59. The minimum Gasteiger partial charge on any atom is -0.356 e. The average Bonchev–Trinajstić information content (AvgIpc) is 2.89. The van der Waals surface area contributed by atoms with Crippen LogP contribution in [0.2, 0.25) is 0 Å². The van der Waals surface area contributed by atoms with Crippen molar-refractivity contribution in [3.63, 3.8) is 0 Å². The van der Waals surface area contributed by atoms with Gasteiger partial charge in [0.05, 0.1) is 0 Å². The molecule has 0 aromatic carbocycles. The molecule has 2 N–H and O–H groups in total. The van der Waals surface area contributed by atoms with Gasteiger partial charge in [0.2, 0.25) is 0 Å². The number of hydrogen-bond acceptors (Lipinski definition) is 3. The van der Waals surface area contributed by atoms with Gasteiger partial charge in [-0.2, -0.15) is 0 Å². The monoisotopic (exact) mass is 266 g/mol. The van der Waals surface area contributed by atoms with Crippen LogP contribution in [0.25, 0.3) is 0 Å². The second-order valence-electron chi connectivity index (χ2n) is 4.43. The topological polar surface area (TPSA) is 67.1 Å². The SMILES string of the molecule is CCCCCNC(=NC)NCCn1cnnc1CC. The van der Waals surface area contributed by atoms with Gasteiger partial charge >= 0.3 is 0 Å². The highest BCUT2D eigenvalue weighted by atomic mass is 15.3. The number of unbranched alkanes of at least 4 members (excludes halogenated alkanes) is 2. The molecular formula is C13H26N6. The molecule has 0 radical (unpaired) electrons. The second-order valence-corrected chi connectivity index (χ2v) is 4.43. The first-order valence-electron chi connectivity index (χ1n) is 7.13. The Labute approximate surface area is 115 Å². The van der Waals surface area contributed by atoms with E-state index >= 15 is 0 Å². The van der Waals surface area contributed by atoms with Gasteiger partial charge in [0, 0.05) is 33.1 Å². The number of aryl methyl sites for hydroxylation is 1. The molecule has 0 fully saturated rings. The smallest absolute Gasteiger partial charge is 0.191 e. The Bertz CT molecular complexity index is 371. The molecule has 1 aromatic heterocycles. The van der Waals surface area contributed by atoms with E-state index in [1.54, 1.807) is 13.4 Å². The van der Waals surface area contributed by atoms with Gasteiger partial charge in [-0.05, 0) is 6.42 Å². The maximum Gasteiger partial charge on any atom is 0.191 e. The minimum atomic E-state index is 0.818. The molecule has 108 valence electrons. The van der Waals surface area contributed by atoms with Crippen molar-refractivity contribution in [2.45, 2.75) is 46.1 Å². The Balaban J connectivity index is 2.23. The molecule has 0 aliphatic heterocycles. The number of aromatic nitrogens is 3. The lowest BCUT2D eigenvalue weighted by Gasteiger charge is -2.12. The van der Waals surface area contributed by atoms with Gasteiger partial charge in [0.15, 0.2) is 5.96 Å². The van der Waals surface area contributed by atoms with Crippen molar-refractivity contribution in [3.8, 4) is 0 Å². The number of guanidine groups is 1. The highest BCUT2D eigenvalue weighted by Crippen LogP contribution is 1.94. The summed E-state index contributed by atoms with van der Waals surface area (Å²) in [4.78, 5) is 4.20. The van der Waals surface area contributed by atoms with Crippen LogP contribution >= 0.6 is 0 Å². The molecule has 0 atom stereocenters. The Morgan fingerprint density at radius 3 is 2.74 bits per heavy atom. The molecule has 6 heteroatoms. The highest BCUT2D eigenvalue weighted by molar-refractivity contribution is 5.79. The number of hydrogen-bond donors (Lipinski definition) is 2. The van der Waals surface area contributed by atoms with E-state index in [2.05, 4.69) is 44.2 Å². The Morgan fingerprint density at radius 1 is 1.26 bits per heavy atom.